The first-order valence-corrected chi connectivity index (χ1v) is 7.92. The first-order chi connectivity index (χ1) is 11.3. The van der Waals surface area contributed by atoms with E-state index < -0.39 is 6.04 Å². The Kier molecular flexibility index (Phi) is 5.39. The zero-order valence-corrected chi connectivity index (χ0v) is 14.8. The number of hydrogen-bond acceptors (Lipinski definition) is 3. The Morgan fingerprint density at radius 1 is 1.17 bits per heavy atom. The second-order valence-electron chi connectivity index (χ2n) is 6.33. The van der Waals surface area contributed by atoms with Gasteiger partial charge in [0.2, 0.25) is 5.91 Å². The molecule has 0 radical (unpaired) electrons. The molecule has 2 rings (SSSR count). The van der Waals surface area contributed by atoms with Crippen LogP contribution in [-0.4, -0.2) is 46.6 Å². The fourth-order valence-corrected chi connectivity index (χ4v) is 2.46. The highest BCUT2D eigenvalue weighted by Gasteiger charge is 2.27. The smallest absolute Gasteiger partial charge is 0.272 e. The highest BCUT2D eigenvalue weighted by molar-refractivity contribution is 5.97. The third kappa shape index (κ3) is 3.82. The number of rotatable bonds is 5. The highest BCUT2D eigenvalue weighted by Crippen LogP contribution is 2.19. The maximum Gasteiger partial charge on any atom is 0.272 e. The van der Waals surface area contributed by atoms with Crippen LogP contribution in [0.4, 0.5) is 0 Å². The molecule has 1 atom stereocenters. The van der Waals surface area contributed by atoms with E-state index in [1.54, 1.807) is 31.9 Å². The molecule has 0 saturated carbocycles. The second-order valence-corrected chi connectivity index (χ2v) is 6.33. The van der Waals surface area contributed by atoms with E-state index in [2.05, 4.69) is 10.4 Å². The van der Waals surface area contributed by atoms with Crippen LogP contribution in [0.5, 0.6) is 0 Å². The second kappa shape index (κ2) is 7.29. The van der Waals surface area contributed by atoms with Gasteiger partial charge in [-0.25, -0.2) is 0 Å². The van der Waals surface area contributed by atoms with Crippen LogP contribution in [0.15, 0.2) is 36.4 Å². The van der Waals surface area contributed by atoms with Crippen molar-refractivity contribution in [1.82, 2.24) is 20.0 Å². The summed E-state index contributed by atoms with van der Waals surface area (Å²) >= 11 is 0. The van der Waals surface area contributed by atoms with Crippen molar-refractivity contribution in [2.75, 3.05) is 14.1 Å². The fourth-order valence-electron chi connectivity index (χ4n) is 2.46. The first-order valence-electron chi connectivity index (χ1n) is 7.92. The van der Waals surface area contributed by atoms with Gasteiger partial charge in [-0.05, 0) is 17.5 Å². The molecule has 1 N–H and O–H groups in total. The number of hydrogen-bond donors (Lipinski definition) is 1. The minimum Gasteiger partial charge on any atom is -0.347 e. The molecular weight excluding hydrogens is 304 g/mol. The molecular formula is C18H24N4O2. The summed E-state index contributed by atoms with van der Waals surface area (Å²) in [7, 11) is 5.15. The van der Waals surface area contributed by atoms with Crippen LogP contribution in [-0.2, 0) is 11.8 Å². The van der Waals surface area contributed by atoms with Crippen molar-refractivity contribution in [2.45, 2.75) is 19.9 Å². The van der Waals surface area contributed by atoms with Gasteiger partial charge in [0.1, 0.15) is 6.04 Å². The number of benzene rings is 1. The molecule has 6 heteroatoms. The molecule has 2 aromatic rings. The first kappa shape index (κ1) is 17.7. The van der Waals surface area contributed by atoms with Crippen LogP contribution in [0.2, 0.25) is 0 Å². The average Bonchev–Trinajstić information content (AvgIpc) is 2.94. The number of aryl methyl sites for hydroxylation is 1. The number of likely N-dealkylation sites (N-methyl/N-ethyl adjacent to an activating group) is 1. The van der Waals surface area contributed by atoms with Crippen molar-refractivity contribution in [1.29, 1.82) is 0 Å². The minimum absolute atomic E-state index is 0.0128. The van der Waals surface area contributed by atoms with Gasteiger partial charge in [-0.2, -0.15) is 5.10 Å². The molecule has 0 unspecified atom stereocenters. The Morgan fingerprint density at radius 2 is 1.79 bits per heavy atom. The topological polar surface area (TPSA) is 67.2 Å². The van der Waals surface area contributed by atoms with E-state index in [0.717, 1.165) is 11.3 Å². The zero-order chi connectivity index (χ0) is 17.9. The van der Waals surface area contributed by atoms with Crippen molar-refractivity contribution >= 4 is 11.8 Å². The van der Waals surface area contributed by atoms with Gasteiger partial charge in [-0.3, -0.25) is 14.3 Å². The van der Waals surface area contributed by atoms with Crippen LogP contribution in [0.1, 0.15) is 24.3 Å². The molecule has 6 nitrogen and oxygen atoms in total. The van der Waals surface area contributed by atoms with E-state index in [9.17, 15) is 9.59 Å². The summed E-state index contributed by atoms with van der Waals surface area (Å²) in [5.41, 5.74) is 2.13. The lowest BCUT2D eigenvalue weighted by Crippen LogP contribution is -2.49. The van der Waals surface area contributed by atoms with Gasteiger partial charge >= 0.3 is 0 Å². The maximum atomic E-state index is 12.5. The quantitative estimate of drug-likeness (QED) is 0.912. The third-order valence-corrected chi connectivity index (χ3v) is 3.84. The zero-order valence-electron chi connectivity index (χ0n) is 14.8. The Balaban J connectivity index is 2.23. The van der Waals surface area contributed by atoms with Gasteiger partial charge in [0, 0.05) is 21.1 Å². The van der Waals surface area contributed by atoms with Crippen molar-refractivity contribution in [3.8, 4) is 11.3 Å². The normalized spacial score (nSPS) is 12.1. The van der Waals surface area contributed by atoms with Gasteiger partial charge < -0.3 is 10.2 Å². The van der Waals surface area contributed by atoms with E-state index in [1.807, 2.05) is 44.2 Å². The fraction of sp³-hybridized carbons (Fsp3) is 0.389. The summed E-state index contributed by atoms with van der Waals surface area (Å²) < 4.78 is 1.67. The van der Waals surface area contributed by atoms with E-state index >= 15 is 0 Å². The highest BCUT2D eigenvalue weighted by atomic mass is 16.2. The molecule has 0 aliphatic rings. The van der Waals surface area contributed by atoms with E-state index in [0.29, 0.717) is 5.69 Å². The Bertz CT molecular complexity index is 720. The van der Waals surface area contributed by atoms with Gasteiger partial charge in [0.15, 0.2) is 5.69 Å². The maximum absolute atomic E-state index is 12.5. The lowest BCUT2D eigenvalue weighted by atomic mass is 10.0. The molecule has 0 fully saturated rings. The van der Waals surface area contributed by atoms with E-state index in [1.165, 1.54) is 4.90 Å². The molecule has 24 heavy (non-hydrogen) atoms. The van der Waals surface area contributed by atoms with Crippen LogP contribution in [0.3, 0.4) is 0 Å². The Hall–Kier alpha value is -2.63. The number of carbonyl (C=O) groups excluding carboxylic acids is 2. The molecule has 1 aromatic heterocycles. The molecule has 0 aliphatic carbocycles. The van der Waals surface area contributed by atoms with Crippen LogP contribution < -0.4 is 5.32 Å². The summed E-state index contributed by atoms with van der Waals surface area (Å²) in [6.07, 6.45) is 0. The Labute approximate surface area is 142 Å². The predicted octanol–water partition coefficient (Wildman–Crippen LogP) is 1.93. The molecule has 2 amide bonds. The van der Waals surface area contributed by atoms with Crippen LogP contribution >= 0.6 is 0 Å². The van der Waals surface area contributed by atoms with Crippen LogP contribution in [0.25, 0.3) is 11.3 Å². The molecule has 0 spiro atoms. The summed E-state index contributed by atoms with van der Waals surface area (Å²) in [5.74, 6) is -0.486. The van der Waals surface area contributed by atoms with Gasteiger partial charge in [-0.15, -0.1) is 0 Å². The van der Waals surface area contributed by atoms with Gasteiger partial charge in [0.25, 0.3) is 5.91 Å². The van der Waals surface area contributed by atoms with Crippen molar-refractivity contribution < 1.29 is 9.59 Å². The van der Waals surface area contributed by atoms with Crippen LogP contribution in [0, 0.1) is 5.92 Å². The molecule has 128 valence electrons. The standard InChI is InChI=1S/C18H24N4O2/c1-12(2)16(18(24)21(3)4)19-17(23)14-11-15(22(5)20-14)13-9-7-6-8-10-13/h6-12,16H,1-5H3,(H,19,23)/t16-/m0/s1. The summed E-state index contributed by atoms with van der Waals surface area (Å²) in [6.45, 7) is 3.81. The van der Waals surface area contributed by atoms with Gasteiger partial charge in [-0.1, -0.05) is 44.2 Å². The summed E-state index contributed by atoms with van der Waals surface area (Å²) in [5, 5.41) is 7.08. The van der Waals surface area contributed by atoms with Crippen molar-refractivity contribution in [2.24, 2.45) is 13.0 Å². The van der Waals surface area contributed by atoms with Crippen molar-refractivity contribution in [3.05, 3.63) is 42.1 Å². The largest absolute Gasteiger partial charge is 0.347 e. The monoisotopic (exact) mass is 328 g/mol. The predicted molar refractivity (Wildman–Crippen MR) is 93.4 cm³/mol. The molecule has 0 bridgehead atoms. The lowest BCUT2D eigenvalue weighted by Gasteiger charge is -2.24. The molecule has 1 heterocycles. The summed E-state index contributed by atoms with van der Waals surface area (Å²) in [6, 6.07) is 10.9. The molecule has 0 aliphatic heterocycles. The van der Waals surface area contributed by atoms with E-state index in [-0.39, 0.29) is 17.7 Å². The number of carbonyl (C=O) groups is 2. The molecule has 1 aromatic carbocycles. The SMILES string of the molecule is CC(C)[C@H](NC(=O)c1cc(-c2ccccc2)n(C)n1)C(=O)N(C)C. The number of nitrogens with one attached hydrogen (secondary N) is 1. The Morgan fingerprint density at radius 3 is 2.33 bits per heavy atom. The number of aromatic nitrogens is 2. The van der Waals surface area contributed by atoms with Gasteiger partial charge in [0.05, 0.1) is 5.69 Å². The summed E-state index contributed by atoms with van der Waals surface area (Å²) in [4.78, 5) is 26.2. The third-order valence-electron chi connectivity index (χ3n) is 3.84. The van der Waals surface area contributed by atoms with Crippen molar-refractivity contribution in [3.63, 3.8) is 0 Å². The average molecular weight is 328 g/mol. The lowest BCUT2D eigenvalue weighted by molar-refractivity contribution is -0.131. The number of amides is 2. The van der Waals surface area contributed by atoms with E-state index in [4.69, 9.17) is 0 Å². The minimum atomic E-state index is -0.574. The molecule has 0 saturated heterocycles. The number of nitrogens with zero attached hydrogens (tertiary/aromatic N) is 3.